The van der Waals surface area contributed by atoms with Gasteiger partial charge in [0.25, 0.3) is 0 Å². The third kappa shape index (κ3) is 5.04. The molecule has 0 bridgehead atoms. The Labute approximate surface area is 141 Å². The Morgan fingerprint density at radius 2 is 1.68 bits per heavy atom. The van der Waals surface area contributed by atoms with E-state index in [1.54, 1.807) is 11.3 Å². The summed E-state index contributed by atoms with van der Waals surface area (Å²) in [5.74, 6) is 0. The highest BCUT2D eigenvalue weighted by Crippen LogP contribution is 2.17. The minimum absolute atomic E-state index is 0. The highest BCUT2D eigenvalue weighted by atomic mass is 35.5. The summed E-state index contributed by atoms with van der Waals surface area (Å²) in [6, 6.07) is 14.6. The number of halogens is 1. The van der Waals surface area contributed by atoms with Crippen LogP contribution in [0.15, 0.2) is 41.9 Å². The van der Waals surface area contributed by atoms with Crippen molar-refractivity contribution in [1.82, 2.24) is 0 Å². The lowest BCUT2D eigenvalue weighted by atomic mass is 10.2. The summed E-state index contributed by atoms with van der Waals surface area (Å²) >= 11 is 1.65. The first-order valence-corrected chi connectivity index (χ1v) is 7.73. The van der Waals surface area contributed by atoms with E-state index in [1.165, 1.54) is 5.56 Å². The van der Waals surface area contributed by atoms with Crippen molar-refractivity contribution in [1.29, 1.82) is 10.5 Å². The molecule has 6 heteroatoms. The first kappa shape index (κ1) is 18.0. The molecule has 0 fully saturated rings. The van der Waals surface area contributed by atoms with Crippen molar-refractivity contribution in [2.75, 3.05) is 18.0 Å². The van der Waals surface area contributed by atoms with Crippen LogP contribution in [0.3, 0.4) is 0 Å². The Bertz CT molecular complexity index is 624. The molecule has 0 aliphatic carbocycles. The van der Waals surface area contributed by atoms with Crippen molar-refractivity contribution in [2.24, 2.45) is 0 Å². The third-order valence-electron chi connectivity index (χ3n) is 3.11. The first-order chi connectivity index (χ1) is 10.3. The van der Waals surface area contributed by atoms with Crippen LogP contribution in [0.5, 0.6) is 0 Å². The molecular weight excluding hydrogens is 316 g/mol. The van der Waals surface area contributed by atoms with Gasteiger partial charge < -0.3 is 12.4 Å². The molecule has 0 amide bonds. The van der Waals surface area contributed by atoms with Gasteiger partial charge in [-0.15, -0.1) is 0 Å². The number of benzene rings is 1. The molecule has 0 aliphatic rings. The molecule has 0 atom stereocenters. The second-order valence-corrected chi connectivity index (χ2v) is 5.48. The molecule has 0 aliphatic heterocycles. The summed E-state index contributed by atoms with van der Waals surface area (Å²) < 4.78 is 2.18. The SMILES string of the molecule is N#CCCN(CCC#N)c1scc[n+]1Cc1ccccc1.[Cl-]. The molecule has 0 N–H and O–H groups in total. The van der Waals surface area contributed by atoms with E-state index in [4.69, 9.17) is 10.5 Å². The standard InChI is InChI=1S/C16H17N4S.ClH/c17-8-4-10-19(11-5-9-18)16-20(12-13-21-16)14-15-6-2-1-3-7-15;/h1-3,6-7,12-13H,4-5,10-11,14H2;1H/q+1;/p-1. The van der Waals surface area contributed by atoms with Gasteiger partial charge in [0.1, 0.15) is 12.7 Å². The largest absolute Gasteiger partial charge is 1.00 e. The predicted molar refractivity (Wildman–Crippen MR) is 82.7 cm³/mol. The molecule has 1 aromatic carbocycles. The third-order valence-corrected chi connectivity index (χ3v) is 4.07. The van der Waals surface area contributed by atoms with Gasteiger partial charge in [0, 0.05) is 5.38 Å². The van der Waals surface area contributed by atoms with Crippen LogP contribution >= 0.6 is 11.3 Å². The lowest BCUT2D eigenvalue weighted by molar-refractivity contribution is -0.671. The maximum absolute atomic E-state index is 8.80. The Morgan fingerprint density at radius 3 is 2.27 bits per heavy atom. The summed E-state index contributed by atoms with van der Waals surface area (Å²) in [6.07, 6.45) is 2.99. The van der Waals surface area contributed by atoms with E-state index in [2.05, 4.69) is 39.9 Å². The van der Waals surface area contributed by atoms with Gasteiger partial charge in [0.2, 0.25) is 0 Å². The lowest BCUT2D eigenvalue weighted by Crippen LogP contribution is -3.00. The van der Waals surface area contributed by atoms with E-state index in [1.807, 2.05) is 23.6 Å². The molecule has 2 aromatic rings. The molecule has 1 aromatic heterocycles. The van der Waals surface area contributed by atoms with Crippen molar-refractivity contribution < 1.29 is 17.0 Å². The number of nitriles is 2. The normalized spacial score (nSPS) is 9.36. The Hall–Kier alpha value is -2.08. The summed E-state index contributed by atoms with van der Waals surface area (Å²) in [5, 5.41) is 20.7. The van der Waals surface area contributed by atoms with Crippen LogP contribution in [0.2, 0.25) is 0 Å². The van der Waals surface area contributed by atoms with Crippen molar-refractivity contribution in [3.8, 4) is 12.1 Å². The van der Waals surface area contributed by atoms with Crippen molar-refractivity contribution in [2.45, 2.75) is 19.4 Å². The average molecular weight is 333 g/mol. The summed E-state index contributed by atoms with van der Waals surface area (Å²) in [7, 11) is 0. The summed E-state index contributed by atoms with van der Waals surface area (Å²) in [5.41, 5.74) is 1.24. The molecular formula is C16H17ClN4S. The van der Waals surface area contributed by atoms with Gasteiger partial charge >= 0.3 is 5.13 Å². The Kier molecular flexibility index (Phi) is 7.99. The number of anilines is 1. The van der Waals surface area contributed by atoms with Gasteiger partial charge in [-0.25, -0.2) is 4.57 Å². The quantitative estimate of drug-likeness (QED) is 0.655. The zero-order valence-electron chi connectivity index (χ0n) is 12.2. The Balaban J connectivity index is 0.00000242. The number of rotatable bonds is 7. The van der Waals surface area contributed by atoms with Gasteiger partial charge in [-0.1, -0.05) is 41.7 Å². The number of aromatic nitrogens is 1. The van der Waals surface area contributed by atoms with Crippen LogP contribution < -0.4 is 21.9 Å². The van der Waals surface area contributed by atoms with Gasteiger partial charge in [-0.2, -0.15) is 10.5 Å². The monoisotopic (exact) mass is 332 g/mol. The van der Waals surface area contributed by atoms with Gasteiger partial charge in [0.15, 0.2) is 0 Å². The summed E-state index contributed by atoms with van der Waals surface area (Å²) in [6.45, 7) is 2.12. The van der Waals surface area contributed by atoms with E-state index in [-0.39, 0.29) is 12.4 Å². The molecule has 1 heterocycles. The van der Waals surface area contributed by atoms with Gasteiger partial charge in [-0.05, 0) is 5.56 Å². The van der Waals surface area contributed by atoms with E-state index >= 15 is 0 Å². The molecule has 0 unspecified atom stereocenters. The van der Waals surface area contributed by atoms with Crippen LogP contribution in [0.25, 0.3) is 0 Å². The smallest absolute Gasteiger partial charge is 0.336 e. The maximum atomic E-state index is 8.80. The fourth-order valence-corrected chi connectivity index (χ4v) is 3.05. The van der Waals surface area contributed by atoms with Crippen LogP contribution in [-0.4, -0.2) is 13.1 Å². The maximum Gasteiger partial charge on any atom is 0.336 e. The number of hydrogen-bond donors (Lipinski definition) is 0. The van der Waals surface area contributed by atoms with Crippen LogP contribution in [-0.2, 0) is 6.54 Å². The molecule has 2 rings (SSSR count). The van der Waals surface area contributed by atoms with Crippen LogP contribution in [0.1, 0.15) is 18.4 Å². The molecule has 0 radical (unpaired) electrons. The molecule has 4 nitrogen and oxygen atoms in total. The van der Waals surface area contributed by atoms with Crippen molar-refractivity contribution in [3.05, 3.63) is 47.5 Å². The number of hydrogen-bond acceptors (Lipinski definition) is 4. The molecule has 0 saturated carbocycles. The zero-order chi connectivity index (χ0) is 14.9. The van der Waals surface area contributed by atoms with E-state index in [9.17, 15) is 0 Å². The zero-order valence-corrected chi connectivity index (χ0v) is 13.7. The predicted octanol–water partition coefficient (Wildman–Crippen LogP) is -0.278. The summed E-state index contributed by atoms with van der Waals surface area (Å²) in [4.78, 5) is 2.13. The lowest BCUT2D eigenvalue weighted by Gasteiger charge is -2.14. The highest BCUT2D eigenvalue weighted by Gasteiger charge is 2.20. The number of thiazole rings is 1. The number of nitrogens with zero attached hydrogens (tertiary/aromatic N) is 4. The van der Waals surface area contributed by atoms with Crippen LogP contribution in [0, 0.1) is 22.7 Å². The molecule has 0 saturated heterocycles. The molecule has 0 spiro atoms. The van der Waals surface area contributed by atoms with E-state index in [0.29, 0.717) is 25.9 Å². The van der Waals surface area contributed by atoms with E-state index in [0.717, 1.165) is 11.7 Å². The van der Waals surface area contributed by atoms with Gasteiger partial charge in [-0.3, -0.25) is 4.90 Å². The minimum Gasteiger partial charge on any atom is -1.00 e. The van der Waals surface area contributed by atoms with E-state index < -0.39 is 0 Å². The minimum atomic E-state index is 0. The fraction of sp³-hybridized carbons (Fsp3) is 0.312. The fourth-order valence-electron chi connectivity index (χ4n) is 2.13. The molecule has 22 heavy (non-hydrogen) atoms. The second kappa shape index (κ2) is 9.78. The first-order valence-electron chi connectivity index (χ1n) is 6.85. The Morgan fingerprint density at radius 1 is 1.05 bits per heavy atom. The highest BCUT2D eigenvalue weighted by molar-refractivity contribution is 7.13. The topological polar surface area (TPSA) is 54.7 Å². The molecule has 114 valence electrons. The van der Waals surface area contributed by atoms with Gasteiger partial charge in [0.05, 0.1) is 38.1 Å². The van der Waals surface area contributed by atoms with Crippen LogP contribution in [0.4, 0.5) is 5.13 Å². The van der Waals surface area contributed by atoms with Crippen molar-refractivity contribution >= 4 is 16.5 Å². The van der Waals surface area contributed by atoms with Crippen molar-refractivity contribution in [3.63, 3.8) is 0 Å². The second-order valence-electron chi connectivity index (χ2n) is 4.60. The average Bonchev–Trinajstić information content (AvgIpc) is 2.96.